The third-order valence-corrected chi connectivity index (χ3v) is 6.74. The molecule has 1 aliphatic carbocycles. The summed E-state index contributed by atoms with van der Waals surface area (Å²) in [4.78, 5) is 7.19. The molecule has 0 bridgehead atoms. The van der Waals surface area contributed by atoms with Crippen LogP contribution in [0.1, 0.15) is 69.8 Å². The molecule has 1 heterocycles. The van der Waals surface area contributed by atoms with Crippen LogP contribution in [0.3, 0.4) is 0 Å². The van der Waals surface area contributed by atoms with E-state index in [9.17, 15) is 0 Å². The van der Waals surface area contributed by atoms with Crippen LogP contribution in [0.2, 0.25) is 0 Å². The molecule has 0 aromatic heterocycles. The molecule has 5 nitrogen and oxygen atoms in total. The van der Waals surface area contributed by atoms with Crippen molar-refractivity contribution in [1.29, 1.82) is 0 Å². The second kappa shape index (κ2) is 11.4. The first-order valence-corrected chi connectivity index (χ1v) is 11.5. The van der Waals surface area contributed by atoms with Gasteiger partial charge in [0.1, 0.15) is 5.75 Å². The highest BCUT2D eigenvalue weighted by atomic mass is 16.5. The van der Waals surface area contributed by atoms with E-state index in [2.05, 4.69) is 39.6 Å². The van der Waals surface area contributed by atoms with E-state index in [1.165, 1.54) is 63.6 Å². The summed E-state index contributed by atoms with van der Waals surface area (Å²) in [6.07, 6.45) is 10.6. The highest BCUT2D eigenvalue weighted by Gasteiger charge is 2.26. The monoisotopic (exact) mass is 400 g/mol. The maximum Gasteiger partial charge on any atom is 0.191 e. The van der Waals surface area contributed by atoms with Crippen molar-refractivity contribution in [2.24, 2.45) is 4.99 Å². The number of ether oxygens (including phenoxy) is 1. The lowest BCUT2D eigenvalue weighted by Gasteiger charge is -2.39. The molecule has 1 saturated heterocycles. The van der Waals surface area contributed by atoms with Crippen LogP contribution in [0, 0.1) is 0 Å². The van der Waals surface area contributed by atoms with Gasteiger partial charge in [-0.3, -0.25) is 4.99 Å². The summed E-state index contributed by atoms with van der Waals surface area (Å²) in [6, 6.07) is 9.80. The average Bonchev–Trinajstić information content (AvgIpc) is 2.79. The van der Waals surface area contributed by atoms with E-state index in [0.717, 1.165) is 30.7 Å². The van der Waals surface area contributed by atoms with Crippen LogP contribution >= 0.6 is 0 Å². The zero-order valence-electron chi connectivity index (χ0n) is 18.6. The first-order chi connectivity index (χ1) is 14.2. The number of aliphatic imine (C=N–C) groups is 1. The summed E-state index contributed by atoms with van der Waals surface area (Å²) >= 11 is 0. The Balaban J connectivity index is 1.36. The standard InChI is InChI=1S/C24H40N4O/c1-19(20-9-11-23(29-3)12-10-20)13-16-26-24(25-2)27-21-14-17-28(18-15-21)22-7-5-4-6-8-22/h9-12,19,21-22H,4-8,13-18H2,1-3H3,(H2,25,26,27). The number of guanidine groups is 1. The fourth-order valence-corrected chi connectivity index (χ4v) is 4.75. The Hall–Kier alpha value is -1.75. The van der Waals surface area contributed by atoms with Gasteiger partial charge in [-0.15, -0.1) is 0 Å². The van der Waals surface area contributed by atoms with Gasteiger partial charge in [0.25, 0.3) is 0 Å². The molecular formula is C24H40N4O. The Labute approximate surface area is 177 Å². The van der Waals surface area contributed by atoms with Crippen molar-refractivity contribution in [3.63, 3.8) is 0 Å². The molecule has 5 heteroatoms. The third-order valence-electron chi connectivity index (χ3n) is 6.74. The van der Waals surface area contributed by atoms with Gasteiger partial charge in [-0.05, 0) is 55.7 Å². The molecule has 1 aliphatic heterocycles. The highest BCUT2D eigenvalue weighted by Crippen LogP contribution is 2.25. The van der Waals surface area contributed by atoms with Crippen molar-refractivity contribution in [3.8, 4) is 5.75 Å². The molecule has 1 atom stereocenters. The molecule has 0 spiro atoms. The second-order valence-corrected chi connectivity index (χ2v) is 8.71. The van der Waals surface area contributed by atoms with Gasteiger partial charge in [0.15, 0.2) is 5.96 Å². The van der Waals surface area contributed by atoms with Crippen LogP contribution in [0.4, 0.5) is 0 Å². The first kappa shape index (κ1) is 21.9. The van der Waals surface area contributed by atoms with Gasteiger partial charge in [-0.1, -0.05) is 38.3 Å². The summed E-state index contributed by atoms with van der Waals surface area (Å²) in [6.45, 7) is 5.66. The van der Waals surface area contributed by atoms with Crippen molar-refractivity contribution in [2.45, 2.75) is 76.3 Å². The lowest BCUT2D eigenvalue weighted by Crippen LogP contribution is -2.51. The summed E-state index contributed by atoms with van der Waals surface area (Å²) in [5, 5.41) is 7.17. The molecule has 1 aromatic rings. The number of nitrogens with zero attached hydrogens (tertiary/aromatic N) is 2. The molecule has 1 saturated carbocycles. The largest absolute Gasteiger partial charge is 0.497 e. The van der Waals surface area contributed by atoms with Gasteiger partial charge in [0, 0.05) is 38.8 Å². The molecule has 0 amide bonds. The van der Waals surface area contributed by atoms with Gasteiger partial charge in [-0.2, -0.15) is 0 Å². The van der Waals surface area contributed by atoms with Crippen molar-refractivity contribution in [1.82, 2.24) is 15.5 Å². The van der Waals surface area contributed by atoms with Crippen LogP contribution in [-0.4, -0.2) is 56.7 Å². The third kappa shape index (κ3) is 6.63. The van der Waals surface area contributed by atoms with E-state index in [1.807, 2.05) is 19.2 Å². The predicted molar refractivity (Wildman–Crippen MR) is 122 cm³/mol. The molecule has 3 rings (SSSR count). The smallest absolute Gasteiger partial charge is 0.191 e. The number of piperidine rings is 1. The van der Waals surface area contributed by atoms with E-state index < -0.39 is 0 Å². The molecule has 2 fully saturated rings. The minimum absolute atomic E-state index is 0.505. The van der Waals surface area contributed by atoms with Gasteiger partial charge in [-0.25, -0.2) is 0 Å². The Kier molecular flexibility index (Phi) is 8.66. The minimum Gasteiger partial charge on any atom is -0.497 e. The quantitative estimate of drug-likeness (QED) is 0.533. The van der Waals surface area contributed by atoms with E-state index in [1.54, 1.807) is 7.11 Å². The van der Waals surface area contributed by atoms with Crippen molar-refractivity contribution >= 4 is 5.96 Å². The van der Waals surface area contributed by atoms with Gasteiger partial charge < -0.3 is 20.3 Å². The Morgan fingerprint density at radius 2 is 1.79 bits per heavy atom. The highest BCUT2D eigenvalue weighted by molar-refractivity contribution is 5.79. The van der Waals surface area contributed by atoms with Gasteiger partial charge >= 0.3 is 0 Å². The van der Waals surface area contributed by atoms with Gasteiger partial charge in [0.05, 0.1) is 7.11 Å². The van der Waals surface area contributed by atoms with E-state index >= 15 is 0 Å². The first-order valence-electron chi connectivity index (χ1n) is 11.5. The van der Waals surface area contributed by atoms with Crippen LogP contribution in [0.25, 0.3) is 0 Å². The number of likely N-dealkylation sites (tertiary alicyclic amines) is 1. The average molecular weight is 401 g/mol. The number of methoxy groups -OCH3 is 1. The Morgan fingerprint density at radius 3 is 2.41 bits per heavy atom. The molecule has 29 heavy (non-hydrogen) atoms. The molecule has 2 aliphatic rings. The van der Waals surface area contributed by atoms with Crippen molar-refractivity contribution in [3.05, 3.63) is 29.8 Å². The fourth-order valence-electron chi connectivity index (χ4n) is 4.75. The molecule has 2 N–H and O–H groups in total. The second-order valence-electron chi connectivity index (χ2n) is 8.71. The van der Waals surface area contributed by atoms with Crippen LogP contribution in [0.15, 0.2) is 29.3 Å². The Morgan fingerprint density at radius 1 is 1.10 bits per heavy atom. The van der Waals surface area contributed by atoms with E-state index in [0.29, 0.717) is 12.0 Å². The van der Waals surface area contributed by atoms with Crippen LogP contribution < -0.4 is 15.4 Å². The summed E-state index contributed by atoms with van der Waals surface area (Å²) in [5.41, 5.74) is 1.35. The number of nitrogens with one attached hydrogen (secondary N) is 2. The fraction of sp³-hybridized carbons (Fsp3) is 0.708. The predicted octanol–water partition coefficient (Wildman–Crippen LogP) is 4.15. The normalized spacial score (nSPS) is 21.0. The lowest BCUT2D eigenvalue weighted by atomic mass is 9.92. The van der Waals surface area contributed by atoms with E-state index in [4.69, 9.17) is 4.74 Å². The lowest BCUT2D eigenvalue weighted by molar-refractivity contribution is 0.119. The van der Waals surface area contributed by atoms with Crippen molar-refractivity contribution in [2.75, 3.05) is 33.8 Å². The molecule has 1 aromatic carbocycles. The summed E-state index contributed by atoms with van der Waals surface area (Å²) in [7, 11) is 3.58. The number of rotatable bonds is 7. The zero-order valence-corrected chi connectivity index (χ0v) is 18.6. The Bertz CT molecular complexity index is 616. The molecule has 0 radical (unpaired) electrons. The molecule has 162 valence electrons. The van der Waals surface area contributed by atoms with Crippen LogP contribution in [-0.2, 0) is 0 Å². The molecular weight excluding hydrogens is 360 g/mol. The van der Waals surface area contributed by atoms with Crippen LogP contribution in [0.5, 0.6) is 5.75 Å². The summed E-state index contributed by atoms with van der Waals surface area (Å²) < 4.78 is 5.25. The SMILES string of the molecule is CN=C(NCCC(C)c1ccc(OC)cc1)NC1CCN(C2CCCCC2)CC1. The summed E-state index contributed by atoms with van der Waals surface area (Å²) in [5.74, 6) is 2.37. The zero-order chi connectivity index (χ0) is 20.5. The van der Waals surface area contributed by atoms with E-state index in [-0.39, 0.29) is 0 Å². The number of hydrogen-bond donors (Lipinski definition) is 2. The number of benzene rings is 1. The van der Waals surface area contributed by atoms with Crippen molar-refractivity contribution < 1.29 is 4.74 Å². The van der Waals surface area contributed by atoms with Gasteiger partial charge in [0.2, 0.25) is 0 Å². The maximum atomic E-state index is 5.25. The topological polar surface area (TPSA) is 48.9 Å². The minimum atomic E-state index is 0.505. The maximum absolute atomic E-state index is 5.25. The number of hydrogen-bond acceptors (Lipinski definition) is 3. The molecule has 1 unspecified atom stereocenters.